The highest BCUT2D eigenvalue weighted by Gasteiger charge is 2.34. The van der Waals surface area contributed by atoms with Crippen molar-refractivity contribution in [2.75, 3.05) is 11.4 Å². The summed E-state index contributed by atoms with van der Waals surface area (Å²) in [6.45, 7) is 3.95. The summed E-state index contributed by atoms with van der Waals surface area (Å²) in [7, 11) is 0. The summed E-state index contributed by atoms with van der Waals surface area (Å²) in [4.78, 5) is 25.9. The molecule has 0 saturated carbocycles. The predicted molar refractivity (Wildman–Crippen MR) is 84.3 cm³/mol. The van der Waals surface area contributed by atoms with Crippen LogP contribution in [0.4, 0.5) is 5.69 Å². The van der Waals surface area contributed by atoms with Gasteiger partial charge in [-0.1, -0.05) is 30.3 Å². The minimum atomic E-state index is -0.642. The number of benzene rings is 2. The smallest absolute Gasteiger partial charge is 0.272 e. The Kier molecular flexibility index (Phi) is 3.67. The number of rotatable bonds is 3. The van der Waals surface area contributed by atoms with Gasteiger partial charge < -0.3 is 9.64 Å². The van der Waals surface area contributed by atoms with E-state index in [-0.39, 0.29) is 11.7 Å². The van der Waals surface area contributed by atoms with E-state index in [0.717, 1.165) is 5.56 Å². The van der Waals surface area contributed by atoms with Gasteiger partial charge >= 0.3 is 0 Å². The fourth-order valence-electron chi connectivity index (χ4n) is 2.65. The first-order chi connectivity index (χ1) is 10.6. The Balaban J connectivity index is 2.06. The first-order valence-electron chi connectivity index (χ1n) is 7.29. The molecule has 1 atom stereocenters. The minimum Gasteiger partial charge on any atom is -0.474 e. The molecule has 112 valence electrons. The topological polar surface area (TPSA) is 46.6 Å². The van der Waals surface area contributed by atoms with E-state index in [1.165, 1.54) is 6.92 Å². The number of nitrogens with zero attached hydrogens (tertiary/aromatic N) is 1. The molecule has 1 unspecified atom stereocenters. The summed E-state index contributed by atoms with van der Waals surface area (Å²) in [6.07, 6.45) is -0.642. The molecule has 3 rings (SSSR count). The van der Waals surface area contributed by atoms with Crippen molar-refractivity contribution in [3.05, 3.63) is 59.7 Å². The van der Waals surface area contributed by atoms with Gasteiger partial charge in [-0.2, -0.15) is 0 Å². The van der Waals surface area contributed by atoms with Crippen molar-refractivity contribution >= 4 is 17.4 Å². The maximum absolute atomic E-state index is 12.7. The first kappa shape index (κ1) is 14.3. The van der Waals surface area contributed by atoms with Gasteiger partial charge in [0.05, 0.1) is 5.69 Å². The minimum absolute atomic E-state index is 0.0310. The van der Waals surface area contributed by atoms with Gasteiger partial charge in [0, 0.05) is 17.7 Å². The lowest BCUT2D eigenvalue weighted by Gasteiger charge is -2.34. The fraction of sp³-hybridized carbons (Fsp3) is 0.222. The monoisotopic (exact) mass is 295 g/mol. The van der Waals surface area contributed by atoms with E-state index in [1.807, 2.05) is 37.3 Å². The molecule has 0 radical (unpaired) electrons. The first-order valence-corrected chi connectivity index (χ1v) is 7.29. The summed E-state index contributed by atoms with van der Waals surface area (Å²) in [6, 6.07) is 14.6. The number of fused-ring (bicyclic) bond motifs is 1. The molecule has 0 aliphatic carbocycles. The van der Waals surface area contributed by atoms with Gasteiger partial charge in [-0.25, -0.2) is 0 Å². The SMILES string of the molecule is CCN1C(=O)C(c2ccccc2)Oc2ccc(C(C)=O)cc21. The van der Waals surface area contributed by atoms with Gasteiger partial charge in [-0.15, -0.1) is 0 Å². The second-order valence-corrected chi connectivity index (χ2v) is 5.23. The molecule has 1 aliphatic heterocycles. The number of ketones is 1. The molecular weight excluding hydrogens is 278 g/mol. The Hall–Kier alpha value is -2.62. The van der Waals surface area contributed by atoms with Crippen molar-refractivity contribution in [2.24, 2.45) is 0 Å². The van der Waals surface area contributed by atoms with E-state index >= 15 is 0 Å². The number of carbonyl (C=O) groups excluding carboxylic acids is 2. The molecule has 1 amide bonds. The van der Waals surface area contributed by atoms with Crippen LogP contribution < -0.4 is 9.64 Å². The number of likely N-dealkylation sites (N-methyl/N-ethyl adjacent to an activating group) is 1. The summed E-state index contributed by atoms with van der Waals surface area (Å²) in [5.74, 6) is 0.485. The molecule has 1 heterocycles. The van der Waals surface area contributed by atoms with Crippen LogP contribution in [0.2, 0.25) is 0 Å². The van der Waals surface area contributed by atoms with Gasteiger partial charge in [-0.05, 0) is 32.0 Å². The number of carbonyl (C=O) groups is 2. The van der Waals surface area contributed by atoms with E-state index in [0.29, 0.717) is 23.5 Å². The van der Waals surface area contributed by atoms with Crippen LogP contribution in [0.25, 0.3) is 0 Å². The predicted octanol–water partition coefficient (Wildman–Crippen LogP) is 3.38. The van der Waals surface area contributed by atoms with Crippen LogP contribution in [0.1, 0.15) is 35.9 Å². The lowest BCUT2D eigenvalue weighted by Crippen LogP contribution is -2.41. The van der Waals surface area contributed by atoms with Gasteiger partial charge in [0.25, 0.3) is 5.91 Å². The Labute approximate surface area is 129 Å². The molecule has 22 heavy (non-hydrogen) atoms. The molecule has 0 N–H and O–H groups in total. The average molecular weight is 295 g/mol. The Morgan fingerprint density at radius 1 is 1.18 bits per heavy atom. The van der Waals surface area contributed by atoms with Crippen molar-refractivity contribution in [1.82, 2.24) is 0 Å². The Morgan fingerprint density at radius 3 is 2.55 bits per heavy atom. The molecule has 0 fully saturated rings. The molecule has 0 spiro atoms. The van der Waals surface area contributed by atoms with Crippen molar-refractivity contribution in [1.29, 1.82) is 0 Å². The third-order valence-electron chi connectivity index (χ3n) is 3.81. The van der Waals surface area contributed by atoms with E-state index in [1.54, 1.807) is 23.1 Å². The van der Waals surface area contributed by atoms with E-state index in [9.17, 15) is 9.59 Å². The van der Waals surface area contributed by atoms with Crippen LogP contribution >= 0.6 is 0 Å². The van der Waals surface area contributed by atoms with Gasteiger partial charge in [-0.3, -0.25) is 9.59 Å². The number of Topliss-reactive ketones (excluding diaryl/α,β-unsaturated/α-hetero) is 1. The lowest BCUT2D eigenvalue weighted by molar-refractivity contribution is -0.126. The summed E-state index contributed by atoms with van der Waals surface area (Å²) >= 11 is 0. The number of anilines is 1. The number of hydrogen-bond donors (Lipinski definition) is 0. The molecule has 2 aromatic rings. The summed E-state index contributed by atoms with van der Waals surface area (Å²) in [5, 5.41) is 0. The molecule has 1 aliphatic rings. The van der Waals surface area contributed by atoms with Crippen molar-refractivity contribution in [3.63, 3.8) is 0 Å². The molecule has 0 bridgehead atoms. The highest BCUT2D eigenvalue weighted by molar-refractivity contribution is 6.02. The van der Waals surface area contributed by atoms with Crippen LogP contribution in [0.5, 0.6) is 5.75 Å². The third-order valence-corrected chi connectivity index (χ3v) is 3.81. The zero-order valence-corrected chi connectivity index (χ0v) is 12.6. The molecule has 2 aromatic carbocycles. The lowest BCUT2D eigenvalue weighted by atomic mass is 10.0. The van der Waals surface area contributed by atoms with Crippen LogP contribution in [0.3, 0.4) is 0 Å². The summed E-state index contributed by atoms with van der Waals surface area (Å²) < 4.78 is 5.89. The number of ether oxygens (including phenoxy) is 1. The zero-order chi connectivity index (χ0) is 15.7. The fourth-order valence-corrected chi connectivity index (χ4v) is 2.65. The second-order valence-electron chi connectivity index (χ2n) is 5.23. The van der Waals surface area contributed by atoms with Crippen LogP contribution in [-0.4, -0.2) is 18.2 Å². The highest BCUT2D eigenvalue weighted by Crippen LogP contribution is 2.39. The maximum Gasteiger partial charge on any atom is 0.272 e. The van der Waals surface area contributed by atoms with E-state index < -0.39 is 6.10 Å². The third kappa shape index (κ3) is 2.37. The quantitative estimate of drug-likeness (QED) is 0.816. The van der Waals surface area contributed by atoms with Gasteiger partial charge in [0.2, 0.25) is 6.10 Å². The van der Waals surface area contributed by atoms with E-state index in [4.69, 9.17) is 4.74 Å². The standard InChI is InChI=1S/C18H17NO3/c1-3-19-15-11-14(12(2)20)9-10-16(15)22-17(18(19)21)13-7-5-4-6-8-13/h4-11,17H,3H2,1-2H3. The number of hydrogen-bond acceptors (Lipinski definition) is 3. The largest absolute Gasteiger partial charge is 0.474 e. The normalized spacial score (nSPS) is 16.9. The van der Waals surface area contributed by atoms with Gasteiger partial charge in [0.15, 0.2) is 5.78 Å². The van der Waals surface area contributed by atoms with Crippen molar-refractivity contribution in [3.8, 4) is 5.75 Å². The van der Waals surface area contributed by atoms with Crippen molar-refractivity contribution < 1.29 is 14.3 Å². The van der Waals surface area contributed by atoms with Crippen molar-refractivity contribution in [2.45, 2.75) is 20.0 Å². The second kappa shape index (κ2) is 5.64. The Bertz CT molecular complexity index is 724. The van der Waals surface area contributed by atoms with Crippen LogP contribution in [0.15, 0.2) is 48.5 Å². The highest BCUT2D eigenvalue weighted by atomic mass is 16.5. The Morgan fingerprint density at radius 2 is 1.91 bits per heavy atom. The summed E-state index contributed by atoms with van der Waals surface area (Å²) in [5.41, 5.74) is 2.06. The molecule has 4 nitrogen and oxygen atoms in total. The van der Waals surface area contributed by atoms with Crippen LogP contribution in [0, 0.1) is 0 Å². The number of amides is 1. The maximum atomic E-state index is 12.7. The average Bonchev–Trinajstić information content (AvgIpc) is 2.54. The van der Waals surface area contributed by atoms with Gasteiger partial charge in [0.1, 0.15) is 5.75 Å². The van der Waals surface area contributed by atoms with Crippen LogP contribution in [-0.2, 0) is 4.79 Å². The van der Waals surface area contributed by atoms with E-state index in [2.05, 4.69) is 0 Å². The molecular formula is C18H17NO3. The molecule has 0 saturated heterocycles. The molecule has 4 heteroatoms. The molecule has 0 aromatic heterocycles. The zero-order valence-electron chi connectivity index (χ0n) is 12.6.